The lowest BCUT2D eigenvalue weighted by atomic mass is 10.5. The zero-order chi connectivity index (χ0) is 12.7. The van der Waals surface area contributed by atoms with E-state index in [2.05, 4.69) is 10.3 Å². The predicted octanol–water partition coefficient (Wildman–Crippen LogP) is 2.39. The zero-order valence-electron chi connectivity index (χ0n) is 10.4. The number of nitrogens with one attached hydrogen (secondary N) is 1. The molecule has 1 aromatic rings. The van der Waals surface area contributed by atoms with E-state index >= 15 is 0 Å². The Morgan fingerprint density at radius 3 is 2.53 bits per heavy atom. The van der Waals surface area contributed by atoms with Crippen LogP contribution in [-0.2, 0) is 13.6 Å². The largest absolute Gasteiger partial charge is 0.427 e. The fraction of sp³-hybridized carbons (Fsp3) is 0.700. The molecule has 0 unspecified atom stereocenters. The minimum Gasteiger partial charge on any atom is -0.427 e. The molecule has 1 heterocycles. The summed E-state index contributed by atoms with van der Waals surface area (Å²) >= 11 is 0. The summed E-state index contributed by atoms with van der Waals surface area (Å²) in [6.07, 6.45) is 2.16. The molecule has 0 radical (unpaired) electrons. The SMILES string of the molecule is CCCNc1ocnc1P(=O)(OCC)OCC. The normalized spacial score (nSPS) is 11.7. The highest BCUT2D eigenvalue weighted by Gasteiger charge is 2.33. The van der Waals surface area contributed by atoms with Gasteiger partial charge in [-0.25, -0.2) is 4.98 Å². The second kappa shape index (κ2) is 6.79. The van der Waals surface area contributed by atoms with Gasteiger partial charge in [0.2, 0.25) is 11.3 Å². The van der Waals surface area contributed by atoms with Crippen LogP contribution in [0, 0.1) is 0 Å². The van der Waals surface area contributed by atoms with Gasteiger partial charge >= 0.3 is 7.60 Å². The highest BCUT2D eigenvalue weighted by Crippen LogP contribution is 2.48. The molecule has 0 amide bonds. The van der Waals surface area contributed by atoms with Crippen molar-refractivity contribution in [3.63, 3.8) is 0 Å². The first kappa shape index (κ1) is 14.2. The Kier molecular flexibility index (Phi) is 5.68. The standard InChI is InChI=1S/C10H19N2O4P/c1-4-7-11-9-10(12-8-14-9)17(13,15-5-2)16-6-3/h8,11H,4-7H2,1-3H3. The number of hydrogen-bond acceptors (Lipinski definition) is 6. The second-order valence-electron chi connectivity index (χ2n) is 3.26. The quantitative estimate of drug-likeness (QED) is 0.725. The van der Waals surface area contributed by atoms with Crippen LogP contribution in [0.3, 0.4) is 0 Å². The van der Waals surface area contributed by atoms with Crippen LogP contribution in [0.5, 0.6) is 0 Å². The van der Waals surface area contributed by atoms with Crippen LogP contribution < -0.4 is 10.8 Å². The molecule has 0 aliphatic heterocycles. The molecule has 7 heteroatoms. The van der Waals surface area contributed by atoms with Crippen molar-refractivity contribution >= 4 is 18.9 Å². The van der Waals surface area contributed by atoms with E-state index in [4.69, 9.17) is 13.5 Å². The highest BCUT2D eigenvalue weighted by molar-refractivity contribution is 7.62. The van der Waals surface area contributed by atoms with Crippen LogP contribution in [0.1, 0.15) is 27.2 Å². The lowest BCUT2D eigenvalue weighted by molar-refractivity contribution is 0.229. The number of oxazole rings is 1. The summed E-state index contributed by atoms with van der Waals surface area (Å²) in [4.78, 5) is 3.94. The third-order valence-electron chi connectivity index (χ3n) is 1.94. The van der Waals surface area contributed by atoms with Gasteiger partial charge in [0, 0.05) is 6.54 Å². The van der Waals surface area contributed by atoms with Crippen LogP contribution in [0.25, 0.3) is 0 Å². The number of nitrogens with zero attached hydrogens (tertiary/aromatic N) is 1. The van der Waals surface area contributed by atoms with Crippen molar-refractivity contribution in [3.05, 3.63) is 6.39 Å². The first-order valence-corrected chi connectivity index (χ1v) is 7.29. The summed E-state index contributed by atoms with van der Waals surface area (Å²) in [5.74, 6) is 0.358. The zero-order valence-corrected chi connectivity index (χ0v) is 11.3. The van der Waals surface area contributed by atoms with Gasteiger partial charge in [0.05, 0.1) is 13.2 Å². The Morgan fingerprint density at radius 2 is 2.00 bits per heavy atom. The van der Waals surface area contributed by atoms with Crippen LogP contribution in [-0.4, -0.2) is 24.7 Å². The fourth-order valence-corrected chi connectivity index (χ4v) is 2.86. The van der Waals surface area contributed by atoms with Gasteiger partial charge in [0.15, 0.2) is 6.39 Å². The van der Waals surface area contributed by atoms with Crippen molar-refractivity contribution in [1.29, 1.82) is 0 Å². The molecule has 0 aliphatic carbocycles. The molecular weight excluding hydrogens is 243 g/mol. The van der Waals surface area contributed by atoms with E-state index in [1.165, 1.54) is 6.39 Å². The maximum Gasteiger partial charge on any atom is 0.385 e. The maximum absolute atomic E-state index is 12.5. The number of hydrogen-bond donors (Lipinski definition) is 1. The molecule has 0 aromatic carbocycles. The summed E-state index contributed by atoms with van der Waals surface area (Å²) in [7, 11) is -3.37. The molecule has 1 aromatic heterocycles. The first-order valence-electron chi connectivity index (χ1n) is 5.75. The molecule has 98 valence electrons. The van der Waals surface area contributed by atoms with E-state index in [-0.39, 0.29) is 18.6 Å². The van der Waals surface area contributed by atoms with Gasteiger partial charge in [-0.3, -0.25) is 4.57 Å². The van der Waals surface area contributed by atoms with E-state index in [9.17, 15) is 4.57 Å². The van der Waals surface area contributed by atoms with Crippen LogP contribution in [0.2, 0.25) is 0 Å². The molecule has 17 heavy (non-hydrogen) atoms. The van der Waals surface area contributed by atoms with Gasteiger partial charge in [-0.15, -0.1) is 0 Å². The monoisotopic (exact) mass is 262 g/mol. The molecule has 0 aliphatic rings. The van der Waals surface area contributed by atoms with E-state index in [0.29, 0.717) is 12.4 Å². The van der Waals surface area contributed by atoms with Crippen LogP contribution in [0.15, 0.2) is 10.8 Å². The van der Waals surface area contributed by atoms with Crippen molar-refractivity contribution in [2.45, 2.75) is 27.2 Å². The fourth-order valence-electron chi connectivity index (χ4n) is 1.29. The van der Waals surface area contributed by atoms with Crippen LogP contribution in [0.4, 0.5) is 5.88 Å². The highest BCUT2D eigenvalue weighted by atomic mass is 31.2. The summed E-state index contributed by atoms with van der Waals surface area (Å²) in [6.45, 7) is 6.82. The molecule has 1 rings (SSSR count). The van der Waals surface area contributed by atoms with Crippen molar-refractivity contribution in [2.75, 3.05) is 25.1 Å². The Hall–Kier alpha value is -0.840. The number of aromatic nitrogens is 1. The number of rotatable bonds is 8. The van der Waals surface area contributed by atoms with Gasteiger partial charge in [-0.2, -0.15) is 0 Å². The van der Waals surface area contributed by atoms with E-state index in [1.54, 1.807) is 13.8 Å². The summed E-state index contributed by atoms with van der Waals surface area (Å²) in [6, 6.07) is 0. The second-order valence-corrected chi connectivity index (χ2v) is 5.20. The van der Waals surface area contributed by atoms with Crippen LogP contribution >= 0.6 is 7.60 Å². The maximum atomic E-state index is 12.5. The molecular formula is C10H19N2O4P. The van der Waals surface area contributed by atoms with E-state index < -0.39 is 7.60 Å². The summed E-state index contributed by atoms with van der Waals surface area (Å²) in [5, 5.41) is 3.00. The van der Waals surface area contributed by atoms with Gasteiger partial charge in [-0.05, 0) is 20.3 Å². The minimum atomic E-state index is -3.37. The van der Waals surface area contributed by atoms with Gasteiger partial charge in [0.25, 0.3) is 0 Å². The molecule has 0 spiro atoms. The number of anilines is 1. The van der Waals surface area contributed by atoms with Crippen molar-refractivity contribution in [1.82, 2.24) is 4.98 Å². The molecule has 0 fully saturated rings. The van der Waals surface area contributed by atoms with Gasteiger partial charge in [-0.1, -0.05) is 6.92 Å². The smallest absolute Gasteiger partial charge is 0.385 e. The van der Waals surface area contributed by atoms with Crippen molar-refractivity contribution in [3.8, 4) is 0 Å². The third-order valence-corrected chi connectivity index (χ3v) is 3.98. The molecule has 0 saturated heterocycles. The average molecular weight is 262 g/mol. The Bertz CT molecular complexity index is 370. The minimum absolute atomic E-state index is 0.217. The Morgan fingerprint density at radius 1 is 1.35 bits per heavy atom. The Balaban J connectivity index is 2.93. The topological polar surface area (TPSA) is 73.6 Å². The average Bonchev–Trinajstić information content (AvgIpc) is 2.75. The third kappa shape index (κ3) is 3.56. The molecule has 1 N–H and O–H groups in total. The van der Waals surface area contributed by atoms with E-state index in [1.807, 2.05) is 6.92 Å². The Labute approximate surface area is 101 Å². The van der Waals surface area contributed by atoms with Crippen molar-refractivity contribution < 1.29 is 18.0 Å². The van der Waals surface area contributed by atoms with Gasteiger partial charge in [0.1, 0.15) is 0 Å². The lowest BCUT2D eigenvalue weighted by Gasteiger charge is -2.15. The van der Waals surface area contributed by atoms with E-state index in [0.717, 1.165) is 6.42 Å². The first-order chi connectivity index (χ1) is 8.18. The lowest BCUT2D eigenvalue weighted by Crippen LogP contribution is -2.16. The molecule has 0 saturated carbocycles. The molecule has 6 nitrogen and oxygen atoms in total. The molecule has 0 atom stereocenters. The predicted molar refractivity (Wildman–Crippen MR) is 65.8 cm³/mol. The summed E-state index contributed by atoms with van der Waals surface area (Å²) < 4.78 is 28.0. The van der Waals surface area contributed by atoms with Crippen molar-refractivity contribution in [2.24, 2.45) is 0 Å². The molecule has 0 bridgehead atoms. The van der Waals surface area contributed by atoms with Gasteiger partial charge < -0.3 is 18.8 Å². The summed E-state index contributed by atoms with van der Waals surface area (Å²) in [5.41, 5.74) is 0.217.